The zero-order valence-corrected chi connectivity index (χ0v) is 13.2. The number of nitrogens with zero attached hydrogens (tertiary/aromatic N) is 5. The summed E-state index contributed by atoms with van der Waals surface area (Å²) in [5.41, 5.74) is 2.34. The number of carbonyl (C=O) groups excluding carboxylic acids is 1. The monoisotopic (exact) mass is 303 g/mol. The Balaban J connectivity index is 1.81. The van der Waals surface area contributed by atoms with Crippen LogP contribution in [0.3, 0.4) is 0 Å². The first-order valence-electron chi connectivity index (χ1n) is 7.64. The number of methoxy groups -OCH3 is 1. The van der Waals surface area contributed by atoms with E-state index >= 15 is 0 Å². The van der Waals surface area contributed by atoms with Crippen LogP contribution in [0.1, 0.15) is 36.3 Å². The summed E-state index contributed by atoms with van der Waals surface area (Å²) < 4.78 is 8.93. The van der Waals surface area contributed by atoms with Crippen molar-refractivity contribution >= 4 is 5.97 Å². The molecule has 0 amide bonds. The summed E-state index contributed by atoms with van der Waals surface area (Å²) in [6, 6.07) is 0. The van der Waals surface area contributed by atoms with Gasteiger partial charge in [-0.3, -0.25) is 9.48 Å². The molecule has 2 heterocycles. The summed E-state index contributed by atoms with van der Waals surface area (Å²) >= 11 is 0. The van der Waals surface area contributed by atoms with Gasteiger partial charge in [0, 0.05) is 12.2 Å². The van der Waals surface area contributed by atoms with Crippen LogP contribution in [-0.4, -0.2) is 37.6 Å². The predicted octanol–water partition coefficient (Wildman–Crippen LogP) is 1.13. The molecule has 0 N–H and O–H groups in total. The Bertz CT molecular complexity index is 688. The molecule has 7 nitrogen and oxygen atoms in total. The molecule has 22 heavy (non-hydrogen) atoms. The van der Waals surface area contributed by atoms with Gasteiger partial charge in [0.05, 0.1) is 19.2 Å². The van der Waals surface area contributed by atoms with Crippen LogP contribution in [0.5, 0.6) is 0 Å². The summed E-state index contributed by atoms with van der Waals surface area (Å²) in [5.74, 6) is 1.67. The maximum Gasteiger partial charge on any atom is 0.309 e. The van der Waals surface area contributed by atoms with Crippen molar-refractivity contribution < 1.29 is 9.53 Å². The minimum atomic E-state index is -0.125. The molecule has 0 aromatic carbocycles. The molecule has 0 unspecified atom stereocenters. The zero-order chi connectivity index (χ0) is 15.7. The summed E-state index contributed by atoms with van der Waals surface area (Å²) in [6.45, 7) is 5.51. The Kier molecular flexibility index (Phi) is 3.96. The Morgan fingerprint density at radius 1 is 1.45 bits per heavy atom. The van der Waals surface area contributed by atoms with Crippen molar-refractivity contribution in [2.24, 2.45) is 5.92 Å². The number of rotatable bonds is 4. The standard InChI is InChI=1S/C15H21N5O2/c1-4-19-10(2)17-18-14(19)9-20-13-6-5-11(15(21)22-3)7-12(13)8-16-20/h8,11H,4-7,9H2,1-3H3/t11-/m0/s1. The van der Waals surface area contributed by atoms with E-state index in [1.54, 1.807) is 0 Å². The Morgan fingerprint density at radius 3 is 3.00 bits per heavy atom. The minimum absolute atomic E-state index is 0.0447. The lowest BCUT2D eigenvalue weighted by Crippen LogP contribution is -2.24. The van der Waals surface area contributed by atoms with E-state index in [-0.39, 0.29) is 11.9 Å². The van der Waals surface area contributed by atoms with E-state index in [1.807, 2.05) is 17.8 Å². The molecule has 0 fully saturated rings. The maximum atomic E-state index is 11.7. The van der Waals surface area contributed by atoms with Crippen LogP contribution in [-0.2, 0) is 35.5 Å². The SMILES string of the molecule is CCn1c(C)nnc1Cn1ncc2c1CC[C@H](C(=O)OC)C2. The smallest absolute Gasteiger partial charge is 0.309 e. The number of esters is 1. The van der Waals surface area contributed by atoms with Crippen molar-refractivity contribution in [2.45, 2.75) is 46.2 Å². The summed E-state index contributed by atoms with van der Waals surface area (Å²) in [4.78, 5) is 11.7. The summed E-state index contributed by atoms with van der Waals surface area (Å²) in [5, 5.41) is 12.9. The average Bonchev–Trinajstić information content (AvgIpc) is 3.10. The first kappa shape index (κ1) is 14.7. The van der Waals surface area contributed by atoms with Crippen LogP contribution < -0.4 is 0 Å². The molecule has 1 atom stereocenters. The van der Waals surface area contributed by atoms with Crippen molar-refractivity contribution in [1.29, 1.82) is 0 Å². The van der Waals surface area contributed by atoms with Gasteiger partial charge in [0.2, 0.25) is 0 Å². The summed E-state index contributed by atoms with van der Waals surface area (Å²) in [7, 11) is 1.45. The highest BCUT2D eigenvalue weighted by Crippen LogP contribution is 2.26. The molecule has 1 aliphatic rings. The van der Waals surface area contributed by atoms with Gasteiger partial charge in [-0.05, 0) is 38.7 Å². The number of aromatic nitrogens is 5. The van der Waals surface area contributed by atoms with Gasteiger partial charge >= 0.3 is 5.97 Å². The highest BCUT2D eigenvalue weighted by Gasteiger charge is 2.28. The van der Waals surface area contributed by atoms with E-state index in [0.29, 0.717) is 13.0 Å². The lowest BCUT2D eigenvalue weighted by Gasteiger charge is -2.20. The number of ether oxygens (including phenoxy) is 1. The molecule has 0 spiro atoms. The fourth-order valence-corrected chi connectivity index (χ4v) is 3.18. The fourth-order valence-electron chi connectivity index (χ4n) is 3.18. The fraction of sp³-hybridized carbons (Fsp3) is 0.600. The van der Waals surface area contributed by atoms with Crippen molar-refractivity contribution in [3.05, 3.63) is 29.1 Å². The molecule has 118 valence electrons. The van der Waals surface area contributed by atoms with Crippen LogP contribution in [0.15, 0.2) is 6.20 Å². The molecule has 0 radical (unpaired) electrons. The molecule has 2 aromatic rings. The number of fused-ring (bicyclic) bond motifs is 1. The molecule has 0 saturated carbocycles. The second-order valence-electron chi connectivity index (χ2n) is 5.64. The lowest BCUT2D eigenvalue weighted by molar-refractivity contribution is -0.145. The molecule has 3 rings (SSSR count). The molecule has 0 saturated heterocycles. The molecule has 7 heteroatoms. The summed E-state index contributed by atoms with van der Waals surface area (Å²) in [6.07, 6.45) is 4.23. The Hall–Kier alpha value is -2.18. The van der Waals surface area contributed by atoms with E-state index in [9.17, 15) is 4.79 Å². The van der Waals surface area contributed by atoms with Gasteiger partial charge in [0.1, 0.15) is 12.4 Å². The van der Waals surface area contributed by atoms with Crippen LogP contribution in [0.2, 0.25) is 0 Å². The van der Waals surface area contributed by atoms with Crippen molar-refractivity contribution in [3.8, 4) is 0 Å². The molecule has 0 bridgehead atoms. The second kappa shape index (κ2) is 5.90. The Labute approximate surface area is 129 Å². The van der Waals surface area contributed by atoms with E-state index in [0.717, 1.165) is 36.6 Å². The highest BCUT2D eigenvalue weighted by molar-refractivity contribution is 5.73. The maximum absolute atomic E-state index is 11.7. The van der Waals surface area contributed by atoms with Crippen molar-refractivity contribution in [2.75, 3.05) is 7.11 Å². The van der Waals surface area contributed by atoms with Crippen molar-refractivity contribution in [3.63, 3.8) is 0 Å². The van der Waals surface area contributed by atoms with Gasteiger partial charge < -0.3 is 9.30 Å². The van der Waals surface area contributed by atoms with Gasteiger partial charge in [0.25, 0.3) is 0 Å². The number of hydrogen-bond acceptors (Lipinski definition) is 5. The number of hydrogen-bond donors (Lipinski definition) is 0. The molecular weight excluding hydrogens is 282 g/mol. The third kappa shape index (κ3) is 2.51. The third-order valence-electron chi connectivity index (χ3n) is 4.39. The molecule has 0 aliphatic heterocycles. The quantitative estimate of drug-likeness (QED) is 0.792. The Morgan fingerprint density at radius 2 is 2.27 bits per heavy atom. The van der Waals surface area contributed by atoms with Crippen molar-refractivity contribution in [1.82, 2.24) is 24.5 Å². The van der Waals surface area contributed by atoms with Crippen LogP contribution in [0.25, 0.3) is 0 Å². The van der Waals surface area contributed by atoms with Gasteiger partial charge in [-0.25, -0.2) is 0 Å². The van der Waals surface area contributed by atoms with Gasteiger partial charge in [-0.2, -0.15) is 5.10 Å². The van der Waals surface area contributed by atoms with E-state index < -0.39 is 0 Å². The predicted molar refractivity (Wildman–Crippen MR) is 79.3 cm³/mol. The first-order chi connectivity index (χ1) is 10.6. The zero-order valence-electron chi connectivity index (χ0n) is 13.2. The number of carbonyl (C=O) groups is 1. The first-order valence-corrected chi connectivity index (χ1v) is 7.64. The second-order valence-corrected chi connectivity index (χ2v) is 5.64. The molecule has 2 aromatic heterocycles. The van der Waals surface area contributed by atoms with E-state index in [1.165, 1.54) is 12.8 Å². The van der Waals surface area contributed by atoms with Crippen LogP contribution >= 0.6 is 0 Å². The topological polar surface area (TPSA) is 74.8 Å². The largest absolute Gasteiger partial charge is 0.469 e. The lowest BCUT2D eigenvalue weighted by atomic mass is 9.88. The van der Waals surface area contributed by atoms with Gasteiger partial charge in [0.15, 0.2) is 5.82 Å². The van der Waals surface area contributed by atoms with E-state index in [4.69, 9.17) is 4.74 Å². The highest BCUT2D eigenvalue weighted by atomic mass is 16.5. The van der Waals surface area contributed by atoms with Crippen LogP contribution in [0.4, 0.5) is 0 Å². The van der Waals surface area contributed by atoms with E-state index in [2.05, 4.69) is 26.8 Å². The van der Waals surface area contributed by atoms with Crippen LogP contribution in [0, 0.1) is 12.8 Å². The average molecular weight is 303 g/mol. The molecule has 1 aliphatic carbocycles. The normalized spacial score (nSPS) is 17.3. The van der Waals surface area contributed by atoms with Gasteiger partial charge in [-0.15, -0.1) is 10.2 Å². The van der Waals surface area contributed by atoms with Gasteiger partial charge in [-0.1, -0.05) is 0 Å². The third-order valence-corrected chi connectivity index (χ3v) is 4.39. The minimum Gasteiger partial charge on any atom is -0.469 e. The molecular formula is C15H21N5O2. The number of aryl methyl sites for hydroxylation is 1.